The Morgan fingerprint density at radius 2 is 2.12 bits per heavy atom. The minimum absolute atomic E-state index is 0.0850. The van der Waals surface area contributed by atoms with Crippen molar-refractivity contribution >= 4 is 17.0 Å². The highest BCUT2D eigenvalue weighted by Gasteiger charge is 2.27. The first kappa shape index (κ1) is 16.7. The quantitative estimate of drug-likeness (QED) is 0.720. The van der Waals surface area contributed by atoms with Crippen LogP contribution in [0.2, 0.25) is 0 Å². The molecule has 0 fully saturated rings. The van der Waals surface area contributed by atoms with Crippen LogP contribution in [0.25, 0.3) is 17.0 Å². The third-order valence-electron chi connectivity index (χ3n) is 5.03. The van der Waals surface area contributed by atoms with Gasteiger partial charge < -0.3 is 0 Å². The van der Waals surface area contributed by atoms with E-state index in [4.69, 9.17) is 4.98 Å². The topological polar surface area (TPSA) is 47.8 Å². The van der Waals surface area contributed by atoms with E-state index in [1.807, 2.05) is 41.0 Å². The number of fused-ring (bicyclic) bond motifs is 2. The highest BCUT2D eigenvalue weighted by atomic mass is 16.1. The van der Waals surface area contributed by atoms with Gasteiger partial charge in [0.25, 0.3) is 5.56 Å². The summed E-state index contributed by atoms with van der Waals surface area (Å²) in [6.07, 6.45) is 8.68. The third-order valence-corrected chi connectivity index (χ3v) is 5.03. The second-order valence-corrected chi connectivity index (χ2v) is 7.79. The van der Waals surface area contributed by atoms with E-state index < -0.39 is 0 Å². The number of allylic oxidation sites excluding steroid dienone is 1. The number of hydrogen-bond acceptors (Lipinski definition) is 3. The average molecular weight is 345 g/mol. The lowest BCUT2D eigenvalue weighted by Gasteiger charge is -2.31. The molecule has 0 radical (unpaired) electrons. The van der Waals surface area contributed by atoms with E-state index in [-0.39, 0.29) is 11.0 Å². The van der Waals surface area contributed by atoms with Gasteiger partial charge in [0.2, 0.25) is 0 Å². The van der Waals surface area contributed by atoms with Crippen molar-refractivity contribution in [1.29, 1.82) is 0 Å². The van der Waals surface area contributed by atoms with Crippen LogP contribution in [0.5, 0.6) is 0 Å². The van der Waals surface area contributed by atoms with Gasteiger partial charge in [-0.15, -0.1) is 0 Å². The van der Waals surface area contributed by atoms with Gasteiger partial charge in [0.05, 0.1) is 10.9 Å². The van der Waals surface area contributed by atoms with Crippen LogP contribution in [0, 0.1) is 5.41 Å². The molecule has 0 spiro atoms. The summed E-state index contributed by atoms with van der Waals surface area (Å²) in [4.78, 5) is 22.0. The van der Waals surface area contributed by atoms with Crippen LogP contribution in [-0.4, -0.2) is 14.5 Å². The zero-order valence-electron chi connectivity index (χ0n) is 15.3. The van der Waals surface area contributed by atoms with Crippen LogP contribution in [0.4, 0.5) is 0 Å². The van der Waals surface area contributed by atoms with Gasteiger partial charge in [-0.05, 0) is 41.7 Å². The zero-order chi connectivity index (χ0) is 18.1. The van der Waals surface area contributed by atoms with Crippen molar-refractivity contribution in [3.05, 3.63) is 76.1 Å². The molecule has 0 amide bonds. The summed E-state index contributed by atoms with van der Waals surface area (Å²) in [7, 11) is 0. The van der Waals surface area contributed by atoms with Gasteiger partial charge in [-0.25, -0.2) is 4.98 Å². The lowest BCUT2D eigenvalue weighted by molar-refractivity contribution is 0.240. The van der Waals surface area contributed by atoms with Crippen LogP contribution >= 0.6 is 0 Å². The van der Waals surface area contributed by atoms with Crippen LogP contribution in [0.1, 0.15) is 37.4 Å². The summed E-state index contributed by atoms with van der Waals surface area (Å²) in [5, 5.41) is 0.702. The van der Waals surface area contributed by atoms with E-state index >= 15 is 0 Å². The molecule has 1 aliphatic rings. The molecule has 0 atom stereocenters. The van der Waals surface area contributed by atoms with Crippen molar-refractivity contribution in [2.45, 2.75) is 39.7 Å². The van der Waals surface area contributed by atoms with E-state index in [0.717, 1.165) is 48.4 Å². The standard InChI is InChI=1S/C22H23N3O/c1-22(2)12-11-20-24-19-14-16(6-5-8-17-7-3-4-13-23-17)9-10-18(19)21(26)25(20)15-22/h3-7,9-10,13-14H,8,11-12,15H2,1-2H3. The Labute approximate surface area is 153 Å². The maximum absolute atomic E-state index is 12.9. The lowest BCUT2D eigenvalue weighted by Crippen LogP contribution is -2.36. The number of pyridine rings is 1. The highest BCUT2D eigenvalue weighted by Crippen LogP contribution is 2.29. The molecule has 1 aromatic carbocycles. The Hall–Kier alpha value is -2.75. The number of hydrogen-bond donors (Lipinski definition) is 0. The molecule has 4 rings (SSSR count). The summed E-state index contributed by atoms with van der Waals surface area (Å²) in [6.45, 7) is 5.17. The van der Waals surface area contributed by atoms with Crippen LogP contribution in [-0.2, 0) is 19.4 Å². The van der Waals surface area contributed by atoms with Crippen molar-refractivity contribution in [1.82, 2.24) is 14.5 Å². The van der Waals surface area contributed by atoms with Gasteiger partial charge in [-0.3, -0.25) is 14.3 Å². The molecule has 0 unspecified atom stereocenters. The molecular weight excluding hydrogens is 322 g/mol. The highest BCUT2D eigenvalue weighted by molar-refractivity contribution is 5.80. The Morgan fingerprint density at radius 1 is 1.23 bits per heavy atom. The maximum Gasteiger partial charge on any atom is 0.261 e. The Kier molecular flexibility index (Phi) is 4.19. The predicted octanol–water partition coefficient (Wildman–Crippen LogP) is 4.02. The number of benzene rings is 1. The number of aromatic nitrogens is 3. The van der Waals surface area contributed by atoms with E-state index in [0.29, 0.717) is 5.39 Å². The van der Waals surface area contributed by atoms with Crippen molar-refractivity contribution in [2.75, 3.05) is 0 Å². The summed E-state index contributed by atoms with van der Waals surface area (Å²) in [5.41, 5.74) is 3.13. The fourth-order valence-electron chi connectivity index (χ4n) is 3.53. The third kappa shape index (κ3) is 3.32. The molecule has 2 aromatic heterocycles. The molecule has 0 saturated carbocycles. The van der Waals surface area contributed by atoms with Gasteiger partial charge in [-0.1, -0.05) is 38.1 Å². The van der Waals surface area contributed by atoms with E-state index in [2.05, 4.69) is 31.0 Å². The van der Waals surface area contributed by atoms with Crippen LogP contribution in [0.15, 0.2) is 53.5 Å². The first-order valence-corrected chi connectivity index (χ1v) is 9.12. The Morgan fingerprint density at radius 3 is 2.92 bits per heavy atom. The lowest BCUT2D eigenvalue weighted by atomic mass is 9.85. The fraction of sp³-hybridized carbons (Fsp3) is 0.318. The van der Waals surface area contributed by atoms with Crippen molar-refractivity contribution < 1.29 is 0 Å². The first-order valence-electron chi connectivity index (χ1n) is 9.12. The molecular formula is C22H23N3O. The van der Waals surface area contributed by atoms with Gasteiger partial charge in [0, 0.05) is 31.3 Å². The van der Waals surface area contributed by atoms with Crippen molar-refractivity contribution in [3.63, 3.8) is 0 Å². The fourth-order valence-corrected chi connectivity index (χ4v) is 3.53. The van der Waals surface area contributed by atoms with Gasteiger partial charge in [0.1, 0.15) is 5.82 Å². The van der Waals surface area contributed by atoms with Gasteiger partial charge in [0.15, 0.2) is 0 Å². The average Bonchev–Trinajstić information content (AvgIpc) is 2.63. The van der Waals surface area contributed by atoms with Gasteiger partial charge in [-0.2, -0.15) is 0 Å². The zero-order valence-corrected chi connectivity index (χ0v) is 15.3. The maximum atomic E-state index is 12.9. The smallest absolute Gasteiger partial charge is 0.261 e. The second-order valence-electron chi connectivity index (χ2n) is 7.79. The van der Waals surface area contributed by atoms with Crippen molar-refractivity contribution in [3.8, 4) is 0 Å². The number of rotatable bonds is 3. The van der Waals surface area contributed by atoms with E-state index in [1.54, 1.807) is 6.20 Å². The number of aryl methyl sites for hydroxylation is 1. The molecule has 0 aliphatic carbocycles. The molecule has 0 saturated heterocycles. The Balaban J connectivity index is 1.65. The van der Waals surface area contributed by atoms with Crippen LogP contribution < -0.4 is 5.56 Å². The summed E-state index contributed by atoms with van der Waals surface area (Å²) in [6, 6.07) is 11.8. The van der Waals surface area contributed by atoms with Crippen molar-refractivity contribution in [2.24, 2.45) is 5.41 Å². The molecule has 132 valence electrons. The molecule has 0 bridgehead atoms. The molecule has 3 heterocycles. The molecule has 26 heavy (non-hydrogen) atoms. The minimum Gasteiger partial charge on any atom is -0.296 e. The summed E-state index contributed by atoms with van der Waals surface area (Å²) in [5.74, 6) is 0.913. The Bertz CT molecular complexity index is 1030. The predicted molar refractivity (Wildman–Crippen MR) is 105 cm³/mol. The normalized spacial score (nSPS) is 16.1. The molecule has 4 nitrogen and oxygen atoms in total. The SMILES string of the molecule is CC1(C)CCc2nc3cc(C=CCc4ccccn4)ccc3c(=O)n2C1. The summed E-state index contributed by atoms with van der Waals surface area (Å²) >= 11 is 0. The van der Waals surface area contributed by atoms with E-state index in [1.165, 1.54) is 0 Å². The molecule has 1 aliphatic heterocycles. The monoisotopic (exact) mass is 345 g/mol. The van der Waals surface area contributed by atoms with E-state index in [9.17, 15) is 4.79 Å². The van der Waals surface area contributed by atoms with Crippen LogP contribution in [0.3, 0.4) is 0 Å². The van der Waals surface area contributed by atoms with Gasteiger partial charge >= 0.3 is 0 Å². The second kappa shape index (κ2) is 6.52. The first-order chi connectivity index (χ1) is 12.5. The largest absolute Gasteiger partial charge is 0.296 e. The minimum atomic E-state index is 0.0850. The summed E-state index contributed by atoms with van der Waals surface area (Å²) < 4.78 is 1.86. The molecule has 0 N–H and O–H groups in total. The molecule has 3 aromatic rings. The number of nitrogens with zero attached hydrogens (tertiary/aromatic N) is 3. The molecule has 4 heteroatoms.